The molecule has 19 heavy (non-hydrogen) atoms. The molecule has 0 amide bonds. The van der Waals surface area contributed by atoms with E-state index in [1.54, 1.807) is 0 Å². The van der Waals surface area contributed by atoms with E-state index in [-0.39, 0.29) is 12.0 Å². The number of hydrogen-bond donors (Lipinski definition) is 1. The van der Waals surface area contributed by atoms with Crippen molar-refractivity contribution >= 4 is 21.9 Å². The molecule has 0 aliphatic heterocycles. The van der Waals surface area contributed by atoms with Crippen LogP contribution in [0.5, 0.6) is 0 Å². The van der Waals surface area contributed by atoms with Crippen LogP contribution in [0.3, 0.4) is 0 Å². The molecule has 1 aliphatic rings. The lowest BCUT2D eigenvalue weighted by Gasteiger charge is -2.43. The largest absolute Gasteiger partial charge is 0.481 e. The van der Waals surface area contributed by atoms with Crippen LogP contribution in [0.25, 0.3) is 0 Å². The minimum absolute atomic E-state index is 0.214. The molecule has 4 nitrogen and oxygen atoms in total. The van der Waals surface area contributed by atoms with Gasteiger partial charge in [-0.15, -0.1) is 0 Å². The van der Waals surface area contributed by atoms with Crippen molar-refractivity contribution < 1.29 is 14.3 Å². The highest BCUT2D eigenvalue weighted by atomic mass is 79.9. The Morgan fingerprint density at radius 1 is 1.42 bits per heavy atom. The van der Waals surface area contributed by atoms with Crippen molar-refractivity contribution in [3.05, 3.63) is 22.6 Å². The maximum atomic E-state index is 11.2. The average molecular weight is 330 g/mol. The third-order valence-electron chi connectivity index (χ3n) is 4.10. The summed E-state index contributed by atoms with van der Waals surface area (Å²) >= 11 is 3.29. The molecule has 0 unspecified atom stereocenters. The van der Waals surface area contributed by atoms with Gasteiger partial charge in [-0.3, -0.25) is 9.69 Å². The van der Waals surface area contributed by atoms with Gasteiger partial charge < -0.3 is 9.52 Å². The Hall–Kier alpha value is -0.810. The molecule has 1 aliphatic carbocycles. The molecular formula is C14H20BrNO3. The molecule has 5 heteroatoms. The van der Waals surface area contributed by atoms with E-state index in [1.807, 2.05) is 19.2 Å². The average Bonchev–Trinajstić information content (AvgIpc) is 2.75. The minimum atomic E-state index is -0.714. The van der Waals surface area contributed by atoms with Crippen LogP contribution in [0, 0.1) is 0 Å². The van der Waals surface area contributed by atoms with Crippen LogP contribution >= 0.6 is 15.9 Å². The van der Waals surface area contributed by atoms with Crippen LogP contribution in [-0.2, 0) is 11.3 Å². The van der Waals surface area contributed by atoms with Crippen molar-refractivity contribution in [2.75, 3.05) is 7.05 Å². The number of rotatable bonds is 5. The van der Waals surface area contributed by atoms with Crippen LogP contribution in [0.1, 0.15) is 44.3 Å². The van der Waals surface area contributed by atoms with Crippen LogP contribution in [0.2, 0.25) is 0 Å². The second kappa shape index (κ2) is 6.09. The van der Waals surface area contributed by atoms with Gasteiger partial charge in [0.05, 0.1) is 13.0 Å². The summed E-state index contributed by atoms with van der Waals surface area (Å²) < 4.78 is 6.24. The van der Waals surface area contributed by atoms with Gasteiger partial charge in [-0.25, -0.2) is 0 Å². The summed E-state index contributed by atoms with van der Waals surface area (Å²) in [6.45, 7) is 0.652. The van der Waals surface area contributed by atoms with Gasteiger partial charge in [0.15, 0.2) is 4.67 Å². The standard InChI is InChI=1S/C14H20BrNO3/c1-16(10-11-5-6-12(15)19-11)14(9-13(17)18)7-3-2-4-8-14/h5-6H,2-4,7-10H2,1H3,(H,17,18). The van der Waals surface area contributed by atoms with E-state index in [0.717, 1.165) is 31.4 Å². The quantitative estimate of drug-likeness (QED) is 0.895. The molecule has 0 atom stereocenters. The second-order valence-electron chi connectivity index (χ2n) is 5.42. The molecular weight excluding hydrogens is 310 g/mol. The topological polar surface area (TPSA) is 53.7 Å². The molecule has 0 bridgehead atoms. The summed E-state index contributed by atoms with van der Waals surface area (Å²) in [5, 5.41) is 9.19. The summed E-state index contributed by atoms with van der Waals surface area (Å²) in [5.41, 5.74) is -0.219. The minimum Gasteiger partial charge on any atom is -0.481 e. The Morgan fingerprint density at radius 3 is 2.63 bits per heavy atom. The summed E-state index contributed by atoms with van der Waals surface area (Å²) in [7, 11) is 2.00. The molecule has 0 radical (unpaired) electrons. The van der Waals surface area contributed by atoms with Crippen molar-refractivity contribution in [3.8, 4) is 0 Å². The first kappa shape index (κ1) is 14.6. The van der Waals surface area contributed by atoms with Gasteiger partial charge >= 0.3 is 5.97 Å². The molecule has 1 heterocycles. The number of furan rings is 1. The highest BCUT2D eigenvalue weighted by molar-refractivity contribution is 9.10. The van der Waals surface area contributed by atoms with Gasteiger partial charge in [0, 0.05) is 5.54 Å². The van der Waals surface area contributed by atoms with Gasteiger partial charge in [0.25, 0.3) is 0 Å². The summed E-state index contributed by atoms with van der Waals surface area (Å²) in [6, 6.07) is 3.80. The lowest BCUT2D eigenvalue weighted by atomic mass is 9.78. The maximum Gasteiger partial charge on any atom is 0.305 e. The Morgan fingerprint density at radius 2 is 2.11 bits per heavy atom. The van der Waals surface area contributed by atoms with Crippen molar-refractivity contribution in [2.24, 2.45) is 0 Å². The normalized spacial score (nSPS) is 18.7. The van der Waals surface area contributed by atoms with E-state index in [2.05, 4.69) is 20.8 Å². The molecule has 1 fully saturated rings. The lowest BCUT2D eigenvalue weighted by molar-refractivity contribution is -0.141. The van der Waals surface area contributed by atoms with Crippen molar-refractivity contribution in [2.45, 2.75) is 50.6 Å². The van der Waals surface area contributed by atoms with Crippen molar-refractivity contribution in [1.29, 1.82) is 0 Å². The lowest BCUT2D eigenvalue weighted by Crippen LogP contribution is -2.48. The van der Waals surface area contributed by atoms with Crippen molar-refractivity contribution in [1.82, 2.24) is 4.90 Å². The van der Waals surface area contributed by atoms with Crippen LogP contribution in [0.4, 0.5) is 0 Å². The Balaban J connectivity index is 2.10. The Bertz CT molecular complexity index is 438. The van der Waals surface area contributed by atoms with E-state index in [4.69, 9.17) is 4.42 Å². The summed E-state index contributed by atoms with van der Waals surface area (Å²) in [4.78, 5) is 13.3. The van der Waals surface area contributed by atoms with Gasteiger partial charge in [-0.1, -0.05) is 19.3 Å². The number of carbonyl (C=O) groups is 1. The van der Waals surface area contributed by atoms with Gasteiger partial charge in [0.2, 0.25) is 0 Å². The number of nitrogens with zero attached hydrogens (tertiary/aromatic N) is 1. The highest BCUT2D eigenvalue weighted by Crippen LogP contribution is 2.36. The van der Waals surface area contributed by atoms with Crippen LogP contribution in [-0.4, -0.2) is 28.6 Å². The van der Waals surface area contributed by atoms with E-state index in [9.17, 15) is 9.90 Å². The van der Waals surface area contributed by atoms with Crippen molar-refractivity contribution in [3.63, 3.8) is 0 Å². The maximum absolute atomic E-state index is 11.2. The molecule has 1 saturated carbocycles. The zero-order chi connectivity index (χ0) is 13.9. The first-order valence-electron chi connectivity index (χ1n) is 6.69. The third-order valence-corrected chi connectivity index (χ3v) is 4.52. The number of carboxylic acids is 1. The molecule has 1 aromatic rings. The molecule has 1 N–H and O–H groups in total. The predicted octanol–water partition coefficient (Wildman–Crippen LogP) is 3.65. The van der Waals surface area contributed by atoms with Gasteiger partial charge in [-0.05, 0) is 48.0 Å². The number of carboxylic acid groups (broad SMARTS) is 1. The fraction of sp³-hybridized carbons (Fsp3) is 0.643. The predicted molar refractivity (Wildman–Crippen MR) is 75.9 cm³/mol. The first-order chi connectivity index (χ1) is 9.02. The molecule has 0 spiro atoms. The SMILES string of the molecule is CN(Cc1ccc(Br)o1)C1(CC(=O)O)CCCCC1. The Labute approximate surface area is 121 Å². The summed E-state index contributed by atoms with van der Waals surface area (Å²) in [5.74, 6) is 0.152. The van der Waals surface area contributed by atoms with E-state index in [1.165, 1.54) is 6.42 Å². The molecule has 106 valence electrons. The zero-order valence-corrected chi connectivity index (χ0v) is 12.8. The fourth-order valence-electron chi connectivity index (χ4n) is 3.02. The molecule has 1 aromatic heterocycles. The van der Waals surface area contributed by atoms with E-state index < -0.39 is 5.97 Å². The third kappa shape index (κ3) is 3.60. The van der Waals surface area contributed by atoms with Gasteiger partial charge in [-0.2, -0.15) is 0 Å². The zero-order valence-electron chi connectivity index (χ0n) is 11.2. The molecule has 0 saturated heterocycles. The first-order valence-corrected chi connectivity index (χ1v) is 7.48. The molecule has 2 rings (SSSR count). The highest BCUT2D eigenvalue weighted by Gasteiger charge is 2.38. The van der Waals surface area contributed by atoms with E-state index >= 15 is 0 Å². The van der Waals surface area contributed by atoms with Gasteiger partial charge in [0.1, 0.15) is 5.76 Å². The Kier molecular flexibility index (Phi) is 4.68. The smallest absolute Gasteiger partial charge is 0.305 e. The fourth-order valence-corrected chi connectivity index (χ4v) is 3.36. The number of aliphatic carboxylic acids is 1. The second-order valence-corrected chi connectivity index (χ2v) is 6.20. The van der Waals surface area contributed by atoms with E-state index in [0.29, 0.717) is 11.2 Å². The number of hydrogen-bond acceptors (Lipinski definition) is 3. The van der Waals surface area contributed by atoms with Crippen LogP contribution < -0.4 is 0 Å². The molecule has 0 aromatic carbocycles. The van der Waals surface area contributed by atoms with Crippen LogP contribution in [0.15, 0.2) is 21.2 Å². The number of halogens is 1. The summed E-state index contributed by atoms with van der Waals surface area (Å²) in [6.07, 6.45) is 5.56. The monoisotopic (exact) mass is 329 g/mol.